The first-order valence-electron chi connectivity index (χ1n) is 4.15. The number of aromatic nitrogens is 2. The molecular formula is C9H9N3O2. The maximum Gasteiger partial charge on any atom is 0.418 e. The summed E-state index contributed by atoms with van der Waals surface area (Å²) in [6.07, 6.45) is 5.26. The third-order valence-electron chi connectivity index (χ3n) is 1.74. The summed E-state index contributed by atoms with van der Waals surface area (Å²) in [6.45, 7) is 0.467. The predicted octanol–water partition coefficient (Wildman–Crippen LogP) is 0.488. The van der Waals surface area contributed by atoms with E-state index in [0.717, 1.165) is 5.56 Å². The molecule has 5 nitrogen and oxygen atoms in total. The number of rotatable bonds is 2. The molecule has 0 unspecified atom stereocenters. The average molecular weight is 191 g/mol. The minimum atomic E-state index is -0.493. The quantitative estimate of drug-likeness (QED) is 0.723. The maximum atomic E-state index is 10.8. The molecule has 72 valence electrons. The average Bonchev–Trinajstić information content (AvgIpc) is 2.54. The Hall–Kier alpha value is -1.88. The van der Waals surface area contributed by atoms with Gasteiger partial charge < -0.3 is 10.2 Å². The first kappa shape index (κ1) is 8.71. The van der Waals surface area contributed by atoms with Crippen LogP contribution in [0.2, 0.25) is 0 Å². The van der Waals surface area contributed by atoms with Gasteiger partial charge in [0.15, 0.2) is 11.2 Å². The Morgan fingerprint density at radius 2 is 2.50 bits per heavy atom. The van der Waals surface area contributed by atoms with Gasteiger partial charge in [-0.2, -0.15) is 0 Å². The van der Waals surface area contributed by atoms with Crippen molar-refractivity contribution in [3.05, 3.63) is 34.5 Å². The van der Waals surface area contributed by atoms with Crippen LogP contribution >= 0.6 is 0 Å². The first-order valence-corrected chi connectivity index (χ1v) is 4.15. The van der Waals surface area contributed by atoms with E-state index in [-0.39, 0.29) is 0 Å². The van der Waals surface area contributed by atoms with Crippen molar-refractivity contribution in [2.45, 2.75) is 0 Å². The minimum absolute atomic E-state index is 0.453. The number of oxazole rings is 1. The lowest BCUT2D eigenvalue weighted by atomic mass is 10.2. The molecular weight excluding hydrogens is 182 g/mol. The Morgan fingerprint density at radius 1 is 1.64 bits per heavy atom. The standard InChI is InChI=1S/C9H9N3O2/c10-3-1-2-6-4-7-8(11-5-6)12-9(13)14-7/h1-2,4-5H,3,10H2,(H,11,12,13). The Balaban J connectivity index is 2.50. The van der Waals surface area contributed by atoms with Gasteiger partial charge in [-0.1, -0.05) is 12.2 Å². The first-order chi connectivity index (χ1) is 6.79. The normalized spacial score (nSPS) is 11.5. The van der Waals surface area contributed by atoms with Crippen LogP contribution in [0.25, 0.3) is 17.3 Å². The predicted molar refractivity (Wildman–Crippen MR) is 52.7 cm³/mol. The highest BCUT2D eigenvalue weighted by atomic mass is 16.4. The summed E-state index contributed by atoms with van der Waals surface area (Å²) in [4.78, 5) is 17.3. The van der Waals surface area contributed by atoms with Crippen molar-refractivity contribution in [1.29, 1.82) is 0 Å². The molecule has 0 aromatic carbocycles. The van der Waals surface area contributed by atoms with Crippen LogP contribution in [0.4, 0.5) is 0 Å². The van der Waals surface area contributed by atoms with Crippen molar-refractivity contribution < 1.29 is 4.42 Å². The molecule has 0 aliphatic heterocycles. The lowest BCUT2D eigenvalue weighted by Gasteiger charge is -1.90. The van der Waals surface area contributed by atoms with E-state index in [1.54, 1.807) is 18.3 Å². The Morgan fingerprint density at radius 3 is 3.29 bits per heavy atom. The third kappa shape index (κ3) is 1.57. The highest BCUT2D eigenvalue weighted by Gasteiger charge is 2.01. The smallest absolute Gasteiger partial charge is 0.406 e. The van der Waals surface area contributed by atoms with E-state index in [1.807, 2.05) is 6.08 Å². The van der Waals surface area contributed by atoms with Gasteiger partial charge in [-0.3, -0.25) is 4.98 Å². The fourth-order valence-corrected chi connectivity index (χ4v) is 1.15. The number of pyridine rings is 1. The molecule has 2 aromatic rings. The summed E-state index contributed by atoms with van der Waals surface area (Å²) >= 11 is 0. The van der Waals surface area contributed by atoms with Gasteiger partial charge in [0.25, 0.3) is 0 Å². The summed E-state index contributed by atoms with van der Waals surface area (Å²) < 4.78 is 4.85. The van der Waals surface area contributed by atoms with Gasteiger partial charge in [0, 0.05) is 12.7 Å². The van der Waals surface area contributed by atoms with Crippen LogP contribution in [0.3, 0.4) is 0 Å². The number of fused-ring (bicyclic) bond motifs is 1. The highest BCUT2D eigenvalue weighted by molar-refractivity contribution is 5.70. The molecule has 0 fully saturated rings. The molecule has 0 saturated carbocycles. The van der Waals surface area contributed by atoms with Gasteiger partial charge >= 0.3 is 5.76 Å². The zero-order chi connectivity index (χ0) is 9.97. The molecule has 14 heavy (non-hydrogen) atoms. The molecule has 0 bridgehead atoms. The van der Waals surface area contributed by atoms with E-state index >= 15 is 0 Å². The topological polar surface area (TPSA) is 84.9 Å². The van der Waals surface area contributed by atoms with Gasteiger partial charge in [-0.05, 0) is 11.6 Å². The largest absolute Gasteiger partial charge is 0.418 e. The molecule has 5 heteroatoms. The van der Waals surface area contributed by atoms with Crippen molar-refractivity contribution in [2.75, 3.05) is 6.54 Å². The maximum absolute atomic E-state index is 10.8. The lowest BCUT2D eigenvalue weighted by molar-refractivity contribution is 0.555. The number of aromatic amines is 1. The van der Waals surface area contributed by atoms with Crippen LogP contribution in [0.5, 0.6) is 0 Å². The molecule has 2 heterocycles. The third-order valence-corrected chi connectivity index (χ3v) is 1.74. The van der Waals surface area contributed by atoms with E-state index in [0.29, 0.717) is 17.8 Å². The number of hydrogen-bond acceptors (Lipinski definition) is 4. The van der Waals surface area contributed by atoms with Gasteiger partial charge in [0.1, 0.15) is 0 Å². The number of H-pyrrole nitrogens is 1. The number of nitrogens with zero attached hydrogens (tertiary/aromatic N) is 1. The molecule has 2 rings (SSSR count). The zero-order valence-electron chi connectivity index (χ0n) is 7.36. The van der Waals surface area contributed by atoms with E-state index < -0.39 is 5.76 Å². The van der Waals surface area contributed by atoms with Gasteiger partial charge in [-0.15, -0.1) is 0 Å². The van der Waals surface area contributed by atoms with Crippen LogP contribution < -0.4 is 11.5 Å². The zero-order valence-corrected chi connectivity index (χ0v) is 7.36. The van der Waals surface area contributed by atoms with Crippen molar-refractivity contribution in [3.63, 3.8) is 0 Å². The van der Waals surface area contributed by atoms with Crippen LogP contribution in [-0.2, 0) is 0 Å². The highest BCUT2D eigenvalue weighted by Crippen LogP contribution is 2.09. The second-order valence-electron chi connectivity index (χ2n) is 2.77. The van der Waals surface area contributed by atoms with E-state index in [9.17, 15) is 4.79 Å². The van der Waals surface area contributed by atoms with Crippen LogP contribution in [0.1, 0.15) is 5.56 Å². The molecule has 0 radical (unpaired) electrons. The molecule has 0 aliphatic carbocycles. The summed E-state index contributed by atoms with van der Waals surface area (Å²) in [6, 6.07) is 1.73. The van der Waals surface area contributed by atoms with Crippen molar-refractivity contribution in [3.8, 4) is 0 Å². The molecule has 0 atom stereocenters. The number of nitrogens with one attached hydrogen (secondary N) is 1. The Bertz CT molecular complexity index is 524. The Labute approximate surface area is 79.3 Å². The number of hydrogen-bond donors (Lipinski definition) is 2. The molecule has 0 aliphatic rings. The molecule has 0 amide bonds. The van der Waals surface area contributed by atoms with E-state index in [4.69, 9.17) is 10.2 Å². The van der Waals surface area contributed by atoms with Gasteiger partial charge in [-0.25, -0.2) is 9.78 Å². The monoisotopic (exact) mass is 191 g/mol. The second-order valence-corrected chi connectivity index (χ2v) is 2.77. The summed E-state index contributed by atoms with van der Waals surface area (Å²) in [5.74, 6) is -0.493. The number of nitrogens with two attached hydrogens (primary N) is 1. The fraction of sp³-hybridized carbons (Fsp3) is 0.111. The second kappa shape index (κ2) is 3.47. The minimum Gasteiger partial charge on any atom is -0.406 e. The van der Waals surface area contributed by atoms with Gasteiger partial charge in [0.05, 0.1) is 0 Å². The van der Waals surface area contributed by atoms with E-state index in [2.05, 4.69) is 9.97 Å². The lowest BCUT2D eigenvalue weighted by Crippen LogP contribution is -1.93. The fourth-order valence-electron chi connectivity index (χ4n) is 1.15. The van der Waals surface area contributed by atoms with Crippen LogP contribution in [-0.4, -0.2) is 16.5 Å². The van der Waals surface area contributed by atoms with Gasteiger partial charge in [0.2, 0.25) is 0 Å². The summed E-state index contributed by atoms with van der Waals surface area (Å²) in [5.41, 5.74) is 7.07. The van der Waals surface area contributed by atoms with Crippen LogP contribution in [0.15, 0.2) is 27.6 Å². The summed E-state index contributed by atoms with van der Waals surface area (Å²) in [5, 5.41) is 0. The Kier molecular flexibility index (Phi) is 2.16. The SMILES string of the molecule is NCC=Cc1cnc2[nH]c(=O)oc2c1. The van der Waals surface area contributed by atoms with Crippen molar-refractivity contribution >= 4 is 17.3 Å². The van der Waals surface area contributed by atoms with Crippen LogP contribution in [0, 0.1) is 0 Å². The molecule has 0 saturated heterocycles. The molecule has 3 N–H and O–H groups in total. The van der Waals surface area contributed by atoms with E-state index in [1.165, 1.54) is 0 Å². The van der Waals surface area contributed by atoms with Crippen molar-refractivity contribution in [1.82, 2.24) is 9.97 Å². The molecule has 2 aromatic heterocycles. The summed E-state index contributed by atoms with van der Waals surface area (Å²) in [7, 11) is 0. The van der Waals surface area contributed by atoms with Crippen molar-refractivity contribution in [2.24, 2.45) is 5.73 Å². The molecule has 0 spiro atoms.